The highest BCUT2D eigenvalue weighted by molar-refractivity contribution is 6.35. The van der Waals surface area contributed by atoms with Gasteiger partial charge in [0.1, 0.15) is 17.2 Å². The van der Waals surface area contributed by atoms with Crippen molar-refractivity contribution in [3.8, 4) is 17.2 Å². The molecule has 11 heteroatoms. The number of nitro groups is 1. The van der Waals surface area contributed by atoms with Crippen LogP contribution in [0.4, 0.5) is 11.4 Å². The topological polar surface area (TPSA) is 109 Å². The van der Waals surface area contributed by atoms with E-state index >= 15 is 0 Å². The lowest BCUT2D eigenvalue weighted by atomic mass is 10.1. The largest absolute Gasteiger partial charge is 0.470 e. The molecule has 1 amide bonds. The van der Waals surface area contributed by atoms with Crippen LogP contribution in [0, 0.1) is 30.9 Å². The van der Waals surface area contributed by atoms with Gasteiger partial charge in [0.2, 0.25) is 0 Å². The number of carbonyl (C=O) groups is 1. The minimum Gasteiger partial charge on any atom is -0.470 e. The summed E-state index contributed by atoms with van der Waals surface area (Å²) in [6.07, 6.45) is 1.56. The molecule has 0 saturated heterocycles. The van der Waals surface area contributed by atoms with Crippen molar-refractivity contribution in [2.45, 2.75) is 27.5 Å². The van der Waals surface area contributed by atoms with Crippen molar-refractivity contribution < 1.29 is 19.2 Å². The van der Waals surface area contributed by atoms with Gasteiger partial charge in [-0.15, -0.1) is 0 Å². The molecule has 0 spiro atoms. The first-order valence-electron chi connectivity index (χ1n) is 11.1. The number of amides is 1. The molecule has 1 heterocycles. The Labute approximate surface area is 222 Å². The van der Waals surface area contributed by atoms with Crippen LogP contribution in [0.25, 0.3) is 0 Å². The number of hydrogen-bond acceptors (Lipinski definition) is 6. The number of halogens is 2. The fourth-order valence-corrected chi connectivity index (χ4v) is 3.99. The first-order chi connectivity index (χ1) is 17.6. The second kappa shape index (κ2) is 10.9. The SMILES string of the molecule is Cc1cc(C)c(C)c(Oc2cc(NC(=O)c3ccn(COc4ccc(Cl)cc4Cl)n3)cc([N+](=O)[O-])c2)c1. The zero-order valence-corrected chi connectivity index (χ0v) is 21.6. The summed E-state index contributed by atoms with van der Waals surface area (Å²) in [6.45, 7) is 5.80. The Hall–Kier alpha value is -4.08. The van der Waals surface area contributed by atoms with Gasteiger partial charge in [0.25, 0.3) is 11.6 Å². The molecule has 0 radical (unpaired) electrons. The lowest BCUT2D eigenvalue weighted by Crippen LogP contribution is -2.14. The van der Waals surface area contributed by atoms with Crippen LogP contribution in [0.1, 0.15) is 27.2 Å². The Morgan fingerprint density at radius 1 is 1.05 bits per heavy atom. The Bertz CT molecular complexity index is 1500. The van der Waals surface area contributed by atoms with E-state index in [2.05, 4.69) is 10.4 Å². The van der Waals surface area contributed by atoms with Gasteiger partial charge in [0.15, 0.2) is 12.4 Å². The molecule has 9 nitrogen and oxygen atoms in total. The van der Waals surface area contributed by atoms with Gasteiger partial charge in [-0.25, -0.2) is 4.68 Å². The van der Waals surface area contributed by atoms with E-state index < -0.39 is 10.8 Å². The van der Waals surface area contributed by atoms with Crippen molar-refractivity contribution in [3.05, 3.63) is 103 Å². The first kappa shape index (κ1) is 26.0. The van der Waals surface area contributed by atoms with Crippen LogP contribution in [0.2, 0.25) is 10.0 Å². The quantitative estimate of drug-likeness (QED) is 0.188. The van der Waals surface area contributed by atoms with Crippen LogP contribution in [-0.4, -0.2) is 20.6 Å². The maximum Gasteiger partial charge on any atom is 0.276 e. The van der Waals surface area contributed by atoms with Crippen molar-refractivity contribution in [2.75, 3.05) is 5.32 Å². The number of non-ortho nitro benzene ring substituents is 1. The number of nitrogens with one attached hydrogen (secondary N) is 1. The number of benzene rings is 3. The number of aromatic nitrogens is 2. The average molecular weight is 541 g/mol. The molecule has 0 bridgehead atoms. The highest BCUT2D eigenvalue weighted by atomic mass is 35.5. The predicted molar refractivity (Wildman–Crippen MR) is 141 cm³/mol. The highest BCUT2D eigenvalue weighted by Gasteiger charge is 2.16. The third-order valence-corrected chi connectivity index (χ3v) is 6.00. The Morgan fingerprint density at radius 3 is 2.57 bits per heavy atom. The van der Waals surface area contributed by atoms with E-state index in [0.717, 1.165) is 16.7 Å². The third-order valence-electron chi connectivity index (χ3n) is 5.47. The molecule has 1 N–H and O–H groups in total. The average Bonchev–Trinajstić information content (AvgIpc) is 3.31. The molecule has 37 heavy (non-hydrogen) atoms. The fraction of sp³-hybridized carbons (Fsp3) is 0.154. The molecule has 0 atom stereocenters. The van der Waals surface area contributed by atoms with Crippen LogP contribution >= 0.6 is 23.2 Å². The number of nitro benzene ring substituents is 1. The van der Waals surface area contributed by atoms with Crippen molar-refractivity contribution in [2.24, 2.45) is 0 Å². The standard InChI is InChI=1S/C26H22Cl2N4O5/c1-15-8-16(2)17(3)25(9-15)37-21-12-19(11-20(13-21)32(34)35)29-26(33)23-6-7-31(30-23)14-36-24-5-4-18(27)10-22(24)28/h4-13H,14H2,1-3H3,(H,29,33). The van der Waals surface area contributed by atoms with Gasteiger partial charge in [-0.3, -0.25) is 14.9 Å². The lowest BCUT2D eigenvalue weighted by molar-refractivity contribution is -0.384. The molecule has 0 aliphatic carbocycles. The van der Waals surface area contributed by atoms with Crippen molar-refractivity contribution >= 4 is 40.5 Å². The summed E-state index contributed by atoms with van der Waals surface area (Å²) >= 11 is 12.0. The summed E-state index contributed by atoms with van der Waals surface area (Å²) in [4.78, 5) is 23.8. The van der Waals surface area contributed by atoms with Gasteiger partial charge in [0, 0.05) is 23.4 Å². The third kappa shape index (κ3) is 6.38. The zero-order valence-electron chi connectivity index (χ0n) is 20.1. The van der Waals surface area contributed by atoms with Crippen LogP contribution in [0.3, 0.4) is 0 Å². The maximum absolute atomic E-state index is 12.8. The molecule has 4 aromatic rings. The van der Waals surface area contributed by atoms with Crippen LogP contribution in [0.15, 0.2) is 60.8 Å². The van der Waals surface area contributed by atoms with Crippen LogP contribution < -0.4 is 14.8 Å². The van der Waals surface area contributed by atoms with Gasteiger partial charge in [-0.05, 0) is 67.8 Å². The second-order valence-electron chi connectivity index (χ2n) is 8.32. The number of hydrogen-bond donors (Lipinski definition) is 1. The van der Waals surface area contributed by atoms with E-state index in [-0.39, 0.29) is 29.5 Å². The van der Waals surface area contributed by atoms with Gasteiger partial charge >= 0.3 is 0 Å². The summed E-state index contributed by atoms with van der Waals surface area (Å²) < 4.78 is 13.0. The molecule has 0 aliphatic rings. The zero-order chi connectivity index (χ0) is 26.7. The maximum atomic E-state index is 12.8. The molecule has 0 fully saturated rings. The Kier molecular flexibility index (Phi) is 7.66. The smallest absolute Gasteiger partial charge is 0.276 e. The minimum absolute atomic E-state index is 0.00130. The van der Waals surface area contributed by atoms with Gasteiger partial charge in [0.05, 0.1) is 21.7 Å². The number of anilines is 1. The number of nitrogens with zero attached hydrogens (tertiary/aromatic N) is 3. The summed E-state index contributed by atoms with van der Waals surface area (Å²) in [7, 11) is 0. The molecular weight excluding hydrogens is 519 g/mol. The molecular formula is C26H22Cl2N4O5. The fourth-order valence-electron chi connectivity index (χ4n) is 3.53. The van der Waals surface area contributed by atoms with Gasteiger partial charge < -0.3 is 14.8 Å². The normalized spacial score (nSPS) is 10.7. The second-order valence-corrected chi connectivity index (χ2v) is 9.17. The van der Waals surface area contributed by atoms with E-state index in [4.69, 9.17) is 32.7 Å². The van der Waals surface area contributed by atoms with E-state index in [9.17, 15) is 14.9 Å². The lowest BCUT2D eigenvalue weighted by Gasteiger charge is -2.13. The number of rotatable bonds is 8. The molecule has 0 saturated carbocycles. The molecule has 190 valence electrons. The Balaban J connectivity index is 1.50. The molecule has 0 unspecified atom stereocenters. The van der Waals surface area contributed by atoms with E-state index in [0.29, 0.717) is 21.5 Å². The van der Waals surface area contributed by atoms with Crippen LogP contribution in [-0.2, 0) is 6.73 Å². The molecule has 0 aliphatic heterocycles. The summed E-state index contributed by atoms with van der Waals surface area (Å²) in [5, 5.41) is 19.2. The molecule has 3 aromatic carbocycles. The number of carbonyl (C=O) groups excluding carboxylic acids is 1. The summed E-state index contributed by atoms with van der Waals surface area (Å²) in [5.74, 6) is 0.652. The van der Waals surface area contributed by atoms with Gasteiger partial charge in [-0.2, -0.15) is 5.10 Å². The van der Waals surface area contributed by atoms with Crippen LogP contribution in [0.5, 0.6) is 17.2 Å². The first-order valence-corrected chi connectivity index (χ1v) is 11.8. The van der Waals surface area contributed by atoms with Gasteiger partial charge in [-0.1, -0.05) is 29.3 Å². The van der Waals surface area contributed by atoms with Crippen molar-refractivity contribution in [3.63, 3.8) is 0 Å². The number of ether oxygens (including phenoxy) is 2. The highest BCUT2D eigenvalue weighted by Crippen LogP contribution is 2.33. The summed E-state index contributed by atoms with van der Waals surface area (Å²) in [5.41, 5.74) is 2.99. The molecule has 1 aromatic heterocycles. The van der Waals surface area contributed by atoms with E-state index in [1.807, 2.05) is 32.9 Å². The Morgan fingerprint density at radius 2 is 1.84 bits per heavy atom. The summed E-state index contributed by atoms with van der Waals surface area (Å²) in [6, 6.07) is 14.3. The van der Waals surface area contributed by atoms with E-state index in [1.54, 1.807) is 24.4 Å². The number of aryl methyl sites for hydroxylation is 2. The van der Waals surface area contributed by atoms with Crippen molar-refractivity contribution in [1.82, 2.24) is 9.78 Å². The molecule has 4 rings (SSSR count). The minimum atomic E-state index is -0.558. The predicted octanol–water partition coefficient (Wildman–Crippen LogP) is 7.10. The van der Waals surface area contributed by atoms with E-state index in [1.165, 1.54) is 28.9 Å². The van der Waals surface area contributed by atoms with Crippen molar-refractivity contribution in [1.29, 1.82) is 0 Å². The monoisotopic (exact) mass is 540 g/mol.